The quantitative estimate of drug-likeness (QED) is 0.620. The van der Waals surface area contributed by atoms with Crippen LogP contribution in [0.25, 0.3) is 10.9 Å². The van der Waals surface area contributed by atoms with Gasteiger partial charge in [-0.15, -0.1) is 0 Å². The Morgan fingerprint density at radius 2 is 1.82 bits per heavy atom. The van der Waals surface area contributed by atoms with E-state index >= 15 is 0 Å². The van der Waals surface area contributed by atoms with Gasteiger partial charge in [0.05, 0.1) is 10.9 Å². The summed E-state index contributed by atoms with van der Waals surface area (Å²) in [5, 5.41) is 14.3. The molecule has 174 valence electrons. The van der Waals surface area contributed by atoms with Gasteiger partial charge in [0.2, 0.25) is 0 Å². The molecule has 1 saturated heterocycles. The highest BCUT2D eigenvalue weighted by Crippen LogP contribution is 2.36. The van der Waals surface area contributed by atoms with Gasteiger partial charge in [0, 0.05) is 44.1 Å². The fourth-order valence-corrected chi connectivity index (χ4v) is 4.29. The van der Waals surface area contributed by atoms with E-state index in [-0.39, 0.29) is 22.9 Å². The first-order valence-corrected chi connectivity index (χ1v) is 11.1. The molecule has 2 aromatic carbocycles. The maximum absolute atomic E-state index is 13.6. The molecule has 1 fully saturated rings. The summed E-state index contributed by atoms with van der Waals surface area (Å²) >= 11 is 0. The largest absolute Gasteiger partial charge is 0.506 e. The van der Waals surface area contributed by atoms with Gasteiger partial charge in [-0.25, -0.2) is 4.39 Å². The topological polar surface area (TPSA) is 77.8 Å². The highest BCUT2D eigenvalue weighted by Gasteiger charge is 2.26. The van der Waals surface area contributed by atoms with Crippen molar-refractivity contribution < 1.29 is 14.3 Å². The lowest BCUT2D eigenvalue weighted by molar-refractivity contribution is 0.102. The minimum Gasteiger partial charge on any atom is -0.506 e. The number of anilines is 2. The van der Waals surface area contributed by atoms with Crippen molar-refractivity contribution in [2.45, 2.75) is 20.4 Å². The maximum Gasteiger partial charge on any atom is 0.267 e. The van der Waals surface area contributed by atoms with Gasteiger partial charge in [0.15, 0.2) is 0 Å². The number of nitrogens with zero attached hydrogens (tertiary/aromatic N) is 3. The van der Waals surface area contributed by atoms with Gasteiger partial charge < -0.3 is 24.8 Å². The van der Waals surface area contributed by atoms with Crippen molar-refractivity contribution in [3.63, 3.8) is 0 Å². The molecule has 2 N–H and O–H groups in total. The van der Waals surface area contributed by atoms with Crippen molar-refractivity contribution >= 4 is 28.2 Å². The highest BCUT2D eigenvalue weighted by molar-refractivity contribution is 6.11. The molecule has 0 atom stereocenters. The van der Waals surface area contributed by atoms with Crippen molar-refractivity contribution in [1.29, 1.82) is 0 Å². The molecule has 0 saturated carbocycles. The number of aromatic hydroxyl groups is 1. The molecular formula is C25H29FN4O3. The fraction of sp³-hybridized carbons (Fsp3) is 0.360. The summed E-state index contributed by atoms with van der Waals surface area (Å²) in [7, 11) is 2.06. The molecule has 0 spiro atoms. The number of rotatable bonds is 5. The van der Waals surface area contributed by atoms with E-state index in [0.717, 1.165) is 37.9 Å². The second-order valence-corrected chi connectivity index (χ2v) is 8.96. The van der Waals surface area contributed by atoms with Crippen LogP contribution in [0, 0.1) is 11.7 Å². The normalized spacial score (nSPS) is 14.8. The number of piperazine rings is 1. The molecule has 1 aliphatic heterocycles. The molecule has 8 heteroatoms. The van der Waals surface area contributed by atoms with Gasteiger partial charge in [-0.2, -0.15) is 0 Å². The molecule has 0 aliphatic carbocycles. The smallest absolute Gasteiger partial charge is 0.267 e. The summed E-state index contributed by atoms with van der Waals surface area (Å²) in [5.74, 6) is -1.49. The second kappa shape index (κ2) is 9.23. The van der Waals surface area contributed by atoms with Crippen LogP contribution in [0.15, 0.2) is 47.3 Å². The summed E-state index contributed by atoms with van der Waals surface area (Å²) in [6.45, 7) is 7.64. The van der Waals surface area contributed by atoms with Crippen molar-refractivity contribution in [2.24, 2.45) is 5.92 Å². The number of benzene rings is 2. The molecule has 33 heavy (non-hydrogen) atoms. The zero-order valence-electron chi connectivity index (χ0n) is 19.1. The number of amides is 1. The first-order valence-electron chi connectivity index (χ1n) is 11.1. The van der Waals surface area contributed by atoms with Crippen molar-refractivity contribution in [1.82, 2.24) is 9.47 Å². The summed E-state index contributed by atoms with van der Waals surface area (Å²) < 4.78 is 15.2. The predicted octanol–water partition coefficient (Wildman–Crippen LogP) is 3.51. The molecule has 1 aliphatic rings. The molecule has 2 heterocycles. The van der Waals surface area contributed by atoms with Gasteiger partial charge in [0.25, 0.3) is 11.5 Å². The number of likely N-dealkylation sites (N-methyl/N-ethyl adjacent to an activating group) is 1. The van der Waals surface area contributed by atoms with Crippen molar-refractivity contribution in [2.75, 3.05) is 43.4 Å². The second-order valence-electron chi connectivity index (χ2n) is 8.96. The number of aromatic nitrogens is 1. The predicted molar refractivity (Wildman–Crippen MR) is 129 cm³/mol. The Bertz CT molecular complexity index is 1250. The fourth-order valence-electron chi connectivity index (χ4n) is 4.29. The molecular weight excluding hydrogens is 423 g/mol. The monoisotopic (exact) mass is 452 g/mol. The molecule has 3 aromatic rings. The third-order valence-corrected chi connectivity index (χ3v) is 5.95. The summed E-state index contributed by atoms with van der Waals surface area (Å²) in [4.78, 5) is 31.0. The van der Waals surface area contributed by atoms with E-state index in [1.807, 2.05) is 26.0 Å². The standard InChI is InChI=1S/C25H29FN4O3/c1-16(2)15-30-20-9-5-8-19(29-12-10-28(3)11-13-29)21(20)23(31)22(25(30)33)24(32)27-18-7-4-6-17(26)14-18/h4-9,14,16,31H,10-13,15H2,1-3H3,(H,27,32). The van der Waals surface area contributed by atoms with E-state index in [2.05, 4.69) is 22.2 Å². The van der Waals surface area contributed by atoms with Gasteiger partial charge in [-0.1, -0.05) is 26.0 Å². The van der Waals surface area contributed by atoms with Crippen LogP contribution in [-0.4, -0.2) is 53.7 Å². The summed E-state index contributed by atoms with van der Waals surface area (Å²) in [6.07, 6.45) is 0. The van der Waals surface area contributed by atoms with E-state index in [1.54, 1.807) is 10.6 Å². The van der Waals surface area contributed by atoms with Crippen molar-refractivity contribution in [3.05, 3.63) is 64.2 Å². The Morgan fingerprint density at radius 3 is 2.48 bits per heavy atom. The Balaban J connectivity index is 1.89. The van der Waals surface area contributed by atoms with E-state index in [1.165, 1.54) is 18.2 Å². The molecule has 0 unspecified atom stereocenters. The number of carbonyl (C=O) groups is 1. The number of hydrogen-bond donors (Lipinski definition) is 2. The van der Waals surface area contributed by atoms with Crippen LogP contribution in [0.4, 0.5) is 15.8 Å². The number of carbonyl (C=O) groups excluding carboxylic acids is 1. The van der Waals surface area contributed by atoms with Crippen LogP contribution >= 0.6 is 0 Å². The maximum atomic E-state index is 13.6. The third-order valence-electron chi connectivity index (χ3n) is 5.95. The van der Waals surface area contributed by atoms with Crippen molar-refractivity contribution in [3.8, 4) is 5.75 Å². The minimum absolute atomic E-state index is 0.141. The van der Waals surface area contributed by atoms with Crippen LogP contribution in [0.3, 0.4) is 0 Å². The van der Waals surface area contributed by atoms with Gasteiger partial charge >= 0.3 is 0 Å². The molecule has 4 rings (SSSR count). The van der Waals surface area contributed by atoms with E-state index in [4.69, 9.17) is 0 Å². The summed E-state index contributed by atoms with van der Waals surface area (Å²) in [5.41, 5.74) is 0.675. The molecule has 1 aromatic heterocycles. The SMILES string of the molecule is CC(C)Cn1c(=O)c(C(=O)Nc2cccc(F)c2)c(O)c2c(N3CCN(C)CC3)cccc21. The lowest BCUT2D eigenvalue weighted by Gasteiger charge is -2.35. The van der Waals surface area contributed by atoms with Gasteiger partial charge in [-0.05, 0) is 43.3 Å². The average molecular weight is 453 g/mol. The lowest BCUT2D eigenvalue weighted by Crippen LogP contribution is -2.44. The Kier molecular flexibility index (Phi) is 6.37. The van der Waals surface area contributed by atoms with Crippen LogP contribution in [-0.2, 0) is 6.54 Å². The Hall–Kier alpha value is -3.39. The van der Waals surface area contributed by atoms with Crippen LogP contribution in [0.1, 0.15) is 24.2 Å². The molecule has 1 amide bonds. The van der Waals surface area contributed by atoms with Crippen LogP contribution in [0.5, 0.6) is 5.75 Å². The first kappa shape index (κ1) is 22.8. The molecule has 0 radical (unpaired) electrons. The first-order chi connectivity index (χ1) is 15.8. The molecule has 0 bridgehead atoms. The lowest BCUT2D eigenvalue weighted by atomic mass is 10.0. The van der Waals surface area contributed by atoms with E-state index < -0.39 is 17.3 Å². The van der Waals surface area contributed by atoms with Crippen LogP contribution in [0.2, 0.25) is 0 Å². The molecule has 7 nitrogen and oxygen atoms in total. The Morgan fingerprint density at radius 1 is 1.12 bits per heavy atom. The average Bonchev–Trinajstić information content (AvgIpc) is 2.76. The summed E-state index contributed by atoms with van der Waals surface area (Å²) in [6, 6.07) is 11.0. The van der Waals surface area contributed by atoms with E-state index in [9.17, 15) is 19.1 Å². The van der Waals surface area contributed by atoms with E-state index in [0.29, 0.717) is 17.4 Å². The number of nitrogens with one attached hydrogen (secondary N) is 1. The Labute approximate surface area is 192 Å². The van der Waals surface area contributed by atoms with Crippen LogP contribution < -0.4 is 15.8 Å². The van der Waals surface area contributed by atoms with Gasteiger partial charge in [0.1, 0.15) is 17.1 Å². The van der Waals surface area contributed by atoms with Gasteiger partial charge in [-0.3, -0.25) is 9.59 Å². The highest BCUT2D eigenvalue weighted by atomic mass is 19.1. The number of hydrogen-bond acceptors (Lipinski definition) is 5. The number of halogens is 1. The number of pyridine rings is 1. The minimum atomic E-state index is -0.768. The zero-order chi connectivity index (χ0) is 23.7. The third kappa shape index (κ3) is 4.57. The zero-order valence-corrected chi connectivity index (χ0v) is 19.1. The number of fused-ring (bicyclic) bond motifs is 1.